The number of carbonyl (C=O) groups is 1. The number of benzene rings is 1. The standard InChI is InChI=1S/C13H17NO2S/c1-9-5-6-10(8-11(9)15)14-13(16)12-4-2-3-7-17-12/h5-6,8,12,15H,2-4,7H2,1H3,(H,14,16). The maximum absolute atomic E-state index is 12.0. The van der Waals surface area contributed by atoms with Gasteiger partial charge in [0.1, 0.15) is 5.75 Å². The zero-order valence-corrected chi connectivity index (χ0v) is 10.7. The Labute approximate surface area is 106 Å². The van der Waals surface area contributed by atoms with Crippen LogP contribution in [0.5, 0.6) is 5.75 Å². The Morgan fingerprint density at radius 3 is 2.94 bits per heavy atom. The van der Waals surface area contributed by atoms with Crippen molar-refractivity contribution in [3.8, 4) is 5.75 Å². The Bertz CT molecular complexity index is 414. The number of aromatic hydroxyl groups is 1. The molecule has 1 unspecified atom stereocenters. The topological polar surface area (TPSA) is 49.3 Å². The van der Waals surface area contributed by atoms with Crippen LogP contribution in [0, 0.1) is 6.92 Å². The first-order valence-electron chi connectivity index (χ1n) is 5.89. The minimum atomic E-state index is 0.0537. The molecule has 3 nitrogen and oxygen atoms in total. The Morgan fingerprint density at radius 2 is 2.29 bits per heavy atom. The maximum atomic E-state index is 12.0. The van der Waals surface area contributed by atoms with Gasteiger partial charge in [-0.25, -0.2) is 0 Å². The molecule has 1 aliphatic rings. The van der Waals surface area contributed by atoms with E-state index in [1.165, 1.54) is 6.42 Å². The third-order valence-electron chi connectivity index (χ3n) is 2.95. The Balaban J connectivity index is 1.99. The van der Waals surface area contributed by atoms with Crippen LogP contribution in [0.25, 0.3) is 0 Å². The summed E-state index contributed by atoms with van der Waals surface area (Å²) in [5.41, 5.74) is 1.49. The van der Waals surface area contributed by atoms with Gasteiger partial charge in [-0.15, -0.1) is 11.8 Å². The molecule has 1 amide bonds. The molecule has 2 N–H and O–H groups in total. The minimum absolute atomic E-state index is 0.0537. The number of anilines is 1. The van der Waals surface area contributed by atoms with Crippen molar-refractivity contribution >= 4 is 23.4 Å². The molecule has 1 saturated heterocycles. The first-order chi connectivity index (χ1) is 8.16. The largest absolute Gasteiger partial charge is 0.508 e. The van der Waals surface area contributed by atoms with Crippen LogP contribution in [0.1, 0.15) is 24.8 Å². The number of thioether (sulfide) groups is 1. The molecule has 4 heteroatoms. The van der Waals surface area contributed by atoms with Crippen molar-refractivity contribution in [2.75, 3.05) is 11.1 Å². The number of phenolic OH excluding ortho intramolecular Hbond substituents is 1. The van der Waals surface area contributed by atoms with Crippen molar-refractivity contribution in [3.05, 3.63) is 23.8 Å². The summed E-state index contributed by atoms with van der Waals surface area (Å²) in [5, 5.41) is 12.5. The summed E-state index contributed by atoms with van der Waals surface area (Å²) < 4.78 is 0. The van der Waals surface area contributed by atoms with E-state index < -0.39 is 0 Å². The highest BCUT2D eigenvalue weighted by Gasteiger charge is 2.21. The van der Waals surface area contributed by atoms with Gasteiger partial charge in [-0.3, -0.25) is 4.79 Å². The van der Waals surface area contributed by atoms with Gasteiger partial charge in [-0.05, 0) is 37.1 Å². The van der Waals surface area contributed by atoms with E-state index in [1.54, 1.807) is 23.9 Å². The second-order valence-electron chi connectivity index (χ2n) is 4.35. The number of nitrogens with one attached hydrogen (secondary N) is 1. The van der Waals surface area contributed by atoms with Gasteiger partial charge in [-0.1, -0.05) is 12.5 Å². The van der Waals surface area contributed by atoms with Crippen LogP contribution in [-0.4, -0.2) is 22.0 Å². The molecule has 1 aromatic carbocycles. The van der Waals surface area contributed by atoms with Crippen LogP contribution in [0.3, 0.4) is 0 Å². The van der Waals surface area contributed by atoms with Crippen LogP contribution < -0.4 is 5.32 Å². The molecule has 17 heavy (non-hydrogen) atoms. The number of carbonyl (C=O) groups excluding carboxylic acids is 1. The van der Waals surface area contributed by atoms with Gasteiger partial charge in [0.2, 0.25) is 5.91 Å². The highest BCUT2D eigenvalue weighted by atomic mass is 32.2. The SMILES string of the molecule is Cc1ccc(NC(=O)C2CCCCS2)cc1O. The molecule has 0 aromatic heterocycles. The van der Waals surface area contributed by atoms with E-state index in [1.807, 2.05) is 13.0 Å². The van der Waals surface area contributed by atoms with Crippen molar-refractivity contribution in [2.45, 2.75) is 31.4 Å². The number of phenols is 1. The van der Waals surface area contributed by atoms with E-state index in [9.17, 15) is 9.90 Å². The van der Waals surface area contributed by atoms with Crippen LogP contribution >= 0.6 is 11.8 Å². The van der Waals surface area contributed by atoms with E-state index >= 15 is 0 Å². The number of hydrogen-bond donors (Lipinski definition) is 2. The molecule has 92 valence electrons. The van der Waals surface area contributed by atoms with E-state index in [4.69, 9.17) is 0 Å². The Hall–Kier alpha value is -1.16. The highest BCUT2D eigenvalue weighted by molar-refractivity contribution is 8.00. The van der Waals surface area contributed by atoms with Crippen molar-refractivity contribution in [1.82, 2.24) is 0 Å². The van der Waals surface area contributed by atoms with Gasteiger partial charge in [0.05, 0.1) is 5.25 Å². The average Bonchev–Trinajstić information content (AvgIpc) is 2.35. The second kappa shape index (κ2) is 5.45. The molecule has 1 aromatic rings. The molecule has 2 rings (SSSR count). The fraction of sp³-hybridized carbons (Fsp3) is 0.462. The van der Waals surface area contributed by atoms with E-state index in [0.717, 1.165) is 24.2 Å². The zero-order chi connectivity index (χ0) is 12.3. The summed E-state index contributed by atoms with van der Waals surface area (Å²) in [6.45, 7) is 1.83. The number of aryl methyl sites for hydroxylation is 1. The molecule has 1 atom stereocenters. The first kappa shape index (κ1) is 12.3. The monoisotopic (exact) mass is 251 g/mol. The predicted molar refractivity (Wildman–Crippen MR) is 71.6 cm³/mol. The lowest BCUT2D eigenvalue weighted by Gasteiger charge is -2.20. The molecule has 0 bridgehead atoms. The third kappa shape index (κ3) is 3.16. The lowest BCUT2D eigenvalue weighted by molar-refractivity contribution is -0.115. The van der Waals surface area contributed by atoms with Crippen molar-refractivity contribution in [2.24, 2.45) is 0 Å². The summed E-state index contributed by atoms with van der Waals surface area (Å²) in [6, 6.07) is 5.22. The Kier molecular flexibility index (Phi) is 3.94. The third-order valence-corrected chi connectivity index (χ3v) is 4.33. The molecule has 1 heterocycles. The summed E-state index contributed by atoms with van der Waals surface area (Å²) in [5.74, 6) is 1.34. The van der Waals surface area contributed by atoms with Crippen molar-refractivity contribution in [1.29, 1.82) is 0 Å². The van der Waals surface area contributed by atoms with E-state index in [0.29, 0.717) is 5.69 Å². The van der Waals surface area contributed by atoms with Gasteiger partial charge in [0.15, 0.2) is 0 Å². The molecule has 0 radical (unpaired) electrons. The first-order valence-corrected chi connectivity index (χ1v) is 6.94. The van der Waals surface area contributed by atoms with Crippen LogP contribution in [0.2, 0.25) is 0 Å². The number of hydrogen-bond acceptors (Lipinski definition) is 3. The van der Waals surface area contributed by atoms with Crippen LogP contribution in [0.4, 0.5) is 5.69 Å². The van der Waals surface area contributed by atoms with Gasteiger partial charge >= 0.3 is 0 Å². The van der Waals surface area contributed by atoms with Crippen molar-refractivity contribution < 1.29 is 9.90 Å². The predicted octanol–water partition coefficient (Wildman–Crippen LogP) is 2.92. The van der Waals surface area contributed by atoms with Crippen molar-refractivity contribution in [3.63, 3.8) is 0 Å². The molecule has 1 fully saturated rings. The lowest BCUT2D eigenvalue weighted by atomic mass is 10.1. The van der Waals surface area contributed by atoms with E-state index in [-0.39, 0.29) is 16.9 Å². The Morgan fingerprint density at radius 1 is 1.47 bits per heavy atom. The highest BCUT2D eigenvalue weighted by Crippen LogP contribution is 2.27. The number of rotatable bonds is 2. The normalized spacial score (nSPS) is 19.9. The second-order valence-corrected chi connectivity index (χ2v) is 5.66. The fourth-order valence-corrected chi connectivity index (χ4v) is 3.06. The number of amides is 1. The van der Waals surface area contributed by atoms with Crippen LogP contribution in [-0.2, 0) is 4.79 Å². The lowest BCUT2D eigenvalue weighted by Crippen LogP contribution is -2.27. The zero-order valence-electron chi connectivity index (χ0n) is 9.90. The molecule has 0 saturated carbocycles. The summed E-state index contributed by atoms with van der Waals surface area (Å²) in [7, 11) is 0. The fourth-order valence-electron chi connectivity index (χ4n) is 1.86. The summed E-state index contributed by atoms with van der Waals surface area (Å²) in [6.07, 6.45) is 3.29. The van der Waals surface area contributed by atoms with Gasteiger partial charge in [-0.2, -0.15) is 0 Å². The summed E-state index contributed by atoms with van der Waals surface area (Å²) in [4.78, 5) is 12.0. The quantitative estimate of drug-likeness (QED) is 0.849. The molecule has 0 aliphatic carbocycles. The molecular formula is C13H17NO2S. The van der Waals surface area contributed by atoms with Crippen LogP contribution in [0.15, 0.2) is 18.2 Å². The minimum Gasteiger partial charge on any atom is -0.508 e. The maximum Gasteiger partial charge on any atom is 0.237 e. The molecule has 0 spiro atoms. The average molecular weight is 251 g/mol. The van der Waals surface area contributed by atoms with Gasteiger partial charge in [0.25, 0.3) is 0 Å². The summed E-state index contributed by atoms with van der Waals surface area (Å²) >= 11 is 1.72. The smallest absolute Gasteiger partial charge is 0.237 e. The van der Waals surface area contributed by atoms with Gasteiger partial charge < -0.3 is 10.4 Å². The van der Waals surface area contributed by atoms with E-state index in [2.05, 4.69) is 5.32 Å². The van der Waals surface area contributed by atoms with Gasteiger partial charge in [0, 0.05) is 11.8 Å². The molecule has 1 aliphatic heterocycles. The molecular weight excluding hydrogens is 234 g/mol.